The van der Waals surface area contributed by atoms with Crippen LogP contribution in [0.5, 0.6) is 0 Å². The smallest absolute Gasteiger partial charge is 0.257 e. The Morgan fingerprint density at radius 2 is 1.80 bits per heavy atom. The van der Waals surface area contributed by atoms with Crippen molar-refractivity contribution in [2.45, 2.75) is 33.1 Å². The van der Waals surface area contributed by atoms with Crippen LogP contribution in [0.4, 0.5) is 5.13 Å². The standard InChI is InChI=1S/C20H21N3OS/c1-13-17(16-7-5-6-12-21-16)25-19(22-13)23-18(24)14-8-10-15(11-9-14)20(2,3)4/h5-12H,1-4H3,(H,22,23,24). The Morgan fingerprint density at radius 3 is 2.40 bits per heavy atom. The summed E-state index contributed by atoms with van der Waals surface area (Å²) in [5.41, 5.74) is 3.63. The Bertz CT molecular complexity index is 878. The van der Waals surface area contributed by atoms with Crippen LogP contribution in [-0.4, -0.2) is 15.9 Å². The summed E-state index contributed by atoms with van der Waals surface area (Å²) in [4.78, 5) is 22.3. The van der Waals surface area contributed by atoms with Crippen LogP contribution in [0.1, 0.15) is 42.4 Å². The summed E-state index contributed by atoms with van der Waals surface area (Å²) in [5.74, 6) is -0.151. The Labute approximate surface area is 152 Å². The minimum atomic E-state index is -0.151. The van der Waals surface area contributed by atoms with Crippen molar-refractivity contribution < 1.29 is 4.79 Å². The third-order valence-corrected chi connectivity index (χ3v) is 5.02. The number of thiazole rings is 1. The zero-order valence-electron chi connectivity index (χ0n) is 14.8. The molecule has 1 aromatic carbocycles. The molecule has 3 aromatic rings. The normalized spacial score (nSPS) is 11.4. The van der Waals surface area contributed by atoms with Gasteiger partial charge < -0.3 is 0 Å². The van der Waals surface area contributed by atoms with E-state index in [0.717, 1.165) is 16.3 Å². The lowest BCUT2D eigenvalue weighted by atomic mass is 9.87. The topological polar surface area (TPSA) is 54.9 Å². The molecule has 2 heterocycles. The summed E-state index contributed by atoms with van der Waals surface area (Å²) in [6.45, 7) is 8.38. The van der Waals surface area contributed by atoms with E-state index in [0.29, 0.717) is 10.7 Å². The number of carbonyl (C=O) groups is 1. The van der Waals surface area contributed by atoms with Crippen molar-refractivity contribution >= 4 is 22.4 Å². The molecule has 0 spiro atoms. The first kappa shape index (κ1) is 17.3. The van der Waals surface area contributed by atoms with Crippen LogP contribution < -0.4 is 5.32 Å². The third kappa shape index (κ3) is 3.94. The number of rotatable bonds is 3. The third-order valence-electron chi connectivity index (χ3n) is 3.93. The second-order valence-electron chi connectivity index (χ2n) is 6.93. The number of carbonyl (C=O) groups excluding carboxylic acids is 1. The van der Waals surface area contributed by atoms with Crippen molar-refractivity contribution in [3.63, 3.8) is 0 Å². The molecule has 5 heteroatoms. The first-order chi connectivity index (χ1) is 11.8. The van der Waals surface area contributed by atoms with E-state index in [-0.39, 0.29) is 11.3 Å². The number of amides is 1. The SMILES string of the molecule is Cc1nc(NC(=O)c2ccc(C(C)(C)C)cc2)sc1-c1ccccn1. The maximum absolute atomic E-state index is 12.5. The summed E-state index contributed by atoms with van der Waals surface area (Å²) in [6, 6.07) is 13.5. The molecule has 128 valence electrons. The molecule has 2 aromatic heterocycles. The number of pyridine rings is 1. The van der Waals surface area contributed by atoms with Gasteiger partial charge in [-0.15, -0.1) is 0 Å². The van der Waals surface area contributed by atoms with Gasteiger partial charge in [-0.1, -0.05) is 50.3 Å². The molecule has 0 aliphatic rings. The lowest BCUT2D eigenvalue weighted by molar-refractivity contribution is 0.102. The molecule has 0 saturated heterocycles. The summed E-state index contributed by atoms with van der Waals surface area (Å²) in [5, 5.41) is 3.47. The predicted molar refractivity (Wildman–Crippen MR) is 103 cm³/mol. The van der Waals surface area contributed by atoms with Crippen LogP contribution in [0, 0.1) is 6.92 Å². The Kier molecular flexibility index (Phi) is 4.68. The van der Waals surface area contributed by atoms with Crippen molar-refractivity contribution in [1.29, 1.82) is 0 Å². The highest BCUT2D eigenvalue weighted by molar-refractivity contribution is 7.19. The molecule has 0 fully saturated rings. The molecule has 0 atom stereocenters. The molecule has 0 radical (unpaired) electrons. The van der Waals surface area contributed by atoms with Gasteiger partial charge in [0.05, 0.1) is 16.3 Å². The number of nitrogens with one attached hydrogen (secondary N) is 1. The fourth-order valence-electron chi connectivity index (χ4n) is 2.48. The number of benzene rings is 1. The van der Waals surface area contributed by atoms with E-state index in [1.807, 2.05) is 49.4 Å². The highest BCUT2D eigenvalue weighted by Gasteiger charge is 2.16. The first-order valence-corrected chi connectivity index (χ1v) is 8.97. The highest BCUT2D eigenvalue weighted by atomic mass is 32.1. The second-order valence-corrected chi connectivity index (χ2v) is 7.93. The van der Waals surface area contributed by atoms with Gasteiger partial charge in [-0.05, 0) is 42.2 Å². The van der Waals surface area contributed by atoms with Crippen molar-refractivity contribution in [1.82, 2.24) is 9.97 Å². The van der Waals surface area contributed by atoms with Gasteiger partial charge in [0.1, 0.15) is 0 Å². The van der Waals surface area contributed by atoms with Crippen LogP contribution in [-0.2, 0) is 5.41 Å². The van der Waals surface area contributed by atoms with Crippen LogP contribution in [0.15, 0.2) is 48.7 Å². The van der Waals surface area contributed by atoms with Gasteiger partial charge >= 0.3 is 0 Å². The minimum Gasteiger partial charge on any atom is -0.298 e. The fourth-order valence-corrected chi connectivity index (χ4v) is 3.41. The zero-order chi connectivity index (χ0) is 18.0. The lowest BCUT2D eigenvalue weighted by Gasteiger charge is -2.18. The maximum Gasteiger partial charge on any atom is 0.257 e. The van der Waals surface area contributed by atoms with E-state index in [4.69, 9.17) is 0 Å². The summed E-state index contributed by atoms with van der Waals surface area (Å²) >= 11 is 1.44. The largest absolute Gasteiger partial charge is 0.298 e. The molecule has 1 amide bonds. The molecular weight excluding hydrogens is 330 g/mol. The van der Waals surface area contributed by atoms with Gasteiger partial charge in [0, 0.05) is 11.8 Å². The van der Waals surface area contributed by atoms with E-state index < -0.39 is 0 Å². The predicted octanol–water partition coefficient (Wildman–Crippen LogP) is 5.06. The van der Waals surface area contributed by atoms with Crippen LogP contribution in [0.25, 0.3) is 10.6 Å². The van der Waals surface area contributed by atoms with Crippen LogP contribution in [0.3, 0.4) is 0 Å². The number of anilines is 1. The minimum absolute atomic E-state index is 0.0685. The van der Waals surface area contributed by atoms with Crippen LogP contribution in [0.2, 0.25) is 0 Å². The number of hydrogen-bond donors (Lipinski definition) is 1. The average molecular weight is 351 g/mol. The van der Waals surface area contributed by atoms with Gasteiger partial charge in [0.25, 0.3) is 5.91 Å². The quantitative estimate of drug-likeness (QED) is 0.717. The number of aryl methyl sites for hydroxylation is 1. The molecule has 25 heavy (non-hydrogen) atoms. The van der Waals surface area contributed by atoms with E-state index in [1.165, 1.54) is 16.9 Å². The fraction of sp³-hybridized carbons (Fsp3) is 0.250. The molecule has 0 aliphatic heterocycles. The van der Waals surface area contributed by atoms with E-state index in [2.05, 4.69) is 36.1 Å². The summed E-state index contributed by atoms with van der Waals surface area (Å²) in [6.07, 6.45) is 1.75. The lowest BCUT2D eigenvalue weighted by Crippen LogP contribution is -2.14. The van der Waals surface area contributed by atoms with E-state index >= 15 is 0 Å². The van der Waals surface area contributed by atoms with Gasteiger partial charge in [-0.2, -0.15) is 0 Å². The summed E-state index contributed by atoms with van der Waals surface area (Å²) < 4.78 is 0. The molecule has 0 bridgehead atoms. The Morgan fingerprint density at radius 1 is 1.08 bits per heavy atom. The van der Waals surface area contributed by atoms with Crippen LogP contribution >= 0.6 is 11.3 Å². The second kappa shape index (κ2) is 6.76. The van der Waals surface area contributed by atoms with Gasteiger partial charge in [-0.3, -0.25) is 15.1 Å². The summed E-state index contributed by atoms with van der Waals surface area (Å²) in [7, 11) is 0. The average Bonchev–Trinajstić information content (AvgIpc) is 2.95. The Hall–Kier alpha value is -2.53. The molecule has 3 rings (SSSR count). The number of nitrogens with zero attached hydrogens (tertiary/aromatic N) is 2. The van der Waals surface area contributed by atoms with Gasteiger partial charge in [-0.25, -0.2) is 4.98 Å². The van der Waals surface area contributed by atoms with E-state index in [1.54, 1.807) is 6.20 Å². The van der Waals surface area contributed by atoms with Crippen molar-refractivity contribution in [3.05, 3.63) is 65.5 Å². The van der Waals surface area contributed by atoms with Crippen molar-refractivity contribution in [2.24, 2.45) is 0 Å². The van der Waals surface area contributed by atoms with Crippen molar-refractivity contribution in [3.8, 4) is 10.6 Å². The van der Waals surface area contributed by atoms with Gasteiger partial charge in [0.15, 0.2) is 5.13 Å². The Balaban J connectivity index is 1.78. The van der Waals surface area contributed by atoms with Gasteiger partial charge in [0.2, 0.25) is 0 Å². The van der Waals surface area contributed by atoms with Crippen molar-refractivity contribution in [2.75, 3.05) is 5.32 Å². The molecule has 4 nitrogen and oxygen atoms in total. The molecule has 1 N–H and O–H groups in total. The van der Waals surface area contributed by atoms with E-state index in [9.17, 15) is 4.79 Å². The number of aromatic nitrogens is 2. The maximum atomic E-state index is 12.5. The number of hydrogen-bond acceptors (Lipinski definition) is 4. The molecule has 0 unspecified atom stereocenters. The zero-order valence-corrected chi connectivity index (χ0v) is 15.6. The molecular formula is C20H21N3OS. The molecule has 0 saturated carbocycles. The molecule has 0 aliphatic carbocycles. The monoisotopic (exact) mass is 351 g/mol. The first-order valence-electron chi connectivity index (χ1n) is 8.15. The highest BCUT2D eigenvalue weighted by Crippen LogP contribution is 2.31.